The summed E-state index contributed by atoms with van der Waals surface area (Å²) in [7, 11) is 0. The monoisotopic (exact) mass is 350 g/mol. The Kier molecular flexibility index (Phi) is 3.72. The van der Waals surface area contributed by atoms with Crippen molar-refractivity contribution in [1.82, 2.24) is 4.98 Å². The molecular formula is C15H12BrFN2S. The van der Waals surface area contributed by atoms with Crippen molar-refractivity contribution in [1.29, 1.82) is 0 Å². The Morgan fingerprint density at radius 2 is 1.95 bits per heavy atom. The second-order valence-electron chi connectivity index (χ2n) is 4.55. The Balaban J connectivity index is 1.83. The number of nitrogens with zero attached hydrogens (tertiary/aromatic N) is 1. The Morgan fingerprint density at radius 1 is 1.20 bits per heavy atom. The first kappa shape index (κ1) is 13.5. The van der Waals surface area contributed by atoms with Crippen molar-refractivity contribution in [2.45, 2.75) is 13.0 Å². The fourth-order valence-corrected chi connectivity index (χ4v) is 3.18. The molecule has 1 atom stereocenters. The van der Waals surface area contributed by atoms with E-state index in [1.807, 2.05) is 12.1 Å². The summed E-state index contributed by atoms with van der Waals surface area (Å²) >= 11 is 4.96. The van der Waals surface area contributed by atoms with Gasteiger partial charge in [-0.15, -0.1) is 0 Å². The summed E-state index contributed by atoms with van der Waals surface area (Å²) in [5.74, 6) is -0.254. The minimum Gasteiger partial charge on any atom is -0.355 e. The van der Waals surface area contributed by atoms with E-state index in [0.29, 0.717) is 5.52 Å². The van der Waals surface area contributed by atoms with Crippen LogP contribution in [0.5, 0.6) is 0 Å². The normalized spacial score (nSPS) is 12.6. The van der Waals surface area contributed by atoms with E-state index in [9.17, 15) is 4.39 Å². The van der Waals surface area contributed by atoms with Crippen LogP contribution >= 0.6 is 27.3 Å². The van der Waals surface area contributed by atoms with E-state index in [4.69, 9.17) is 0 Å². The van der Waals surface area contributed by atoms with Gasteiger partial charge in [-0.25, -0.2) is 9.37 Å². The van der Waals surface area contributed by atoms with Crippen LogP contribution in [0, 0.1) is 5.82 Å². The lowest BCUT2D eigenvalue weighted by molar-refractivity contribution is 0.629. The Hall–Kier alpha value is -1.46. The van der Waals surface area contributed by atoms with Gasteiger partial charge in [0.25, 0.3) is 0 Å². The zero-order chi connectivity index (χ0) is 14.1. The minimum absolute atomic E-state index is 0.147. The molecule has 0 aliphatic rings. The molecule has 0 saturated heterocycles. The van der Waals surface area contributed by atoms with Crippen molar-refractivity contribution >= 4 is 42.6 Å². The number of fused-ring (bicyclic) bond motifs is 1. The number of anilines is 1. The number of aromatic nitrogens is 1. The molecule has 3 rings (SSSR count). The number of rotatable bonds is 3. The van der Waals surface area contributed by atoms with Crippen LogP contribution in [-0.4, -0.2) is 4.98 Å². The second-order valence-corrected chi connectivity index (χ2v) is 6.49. The topological polar surface area (TPSA) is 24.9 Å². The van der Waals surface area contributed by atoms with Crippen LogP contribution in [0.3, 0.4) is 0 Å². The zero-order valence-corrected chi connectivity index (χ0v) is 13.1. The number of benzene rings is 2. The summed E-state index contributed by atoms with van der Waals surface area (Å²) in [4.78, 5) is 4.41. The van der Waals surface area contributed by atoms with Crippen LogP contribution in [0.4, 0.5) is 9.52 Å². The van der Waals surface area contributed by atoms with E-state index in [0.717, 1.165) is 14.3 Å². The molecule has 3 aromatic rings. The van der Waals surface area contributed by atoms with Gasteiger partial charge in [0.1, 0.15) is 5.82 Å². The highest BCUT2D eigenvalue weighted by molar-refractivity contribution is 9.10. The van der Waals surface area contributed by atoms with E-state index in [1.165, 1.54) is 29.0 Å². The fourth-order valence-electron chi connectivity index (χ4n) is 1.98. The molecule has 1 aromatic heterocycles. The van der Waals surface area contributed by atoms with Gasteiger partial charge in [-0.1, -0.05) is 39.4 Å². The highest BCUT2D eigenvalue weighted by Crippen LogP contribution is 2.29. The standard InChI is InChI=1S/C15H12BrFN2S/c1-9(10-2-4-11(16)5-3-10)18-15-19-13-8-12(17)6-7-14(13)20-15/h2-9H,1H3,(H,18,19). The van der Waals surface area contributed by atoms with Gasteiger partial charge in [-0.2, -0.15) is 0 Å². The first-order valence-electron chi connectivity index (χ1n) is 6.20. The highest BCUT2D eigenvalue weighted by Gasteiger charge is 2.09. The molecule has 0 aliphatic heterocycles. The van der Waals surface area contributed by atoms with Crippen molar-refractivity contribution in [2.24, 2.45) is 0 Å². The molecule has 0 aliphatic carbocycles. The predicted molar refractivity (Wildman–Crippen MR) is 85.8 cm³/mol. The van der Waals surface area contributed by atoms with Crippen molar-refractivity contribution in [2.75, 3.05) is 5.32 Å². The Morgan fingerprint density at radius 3 is 2.70 bits per heavy atom. The quantitative estimate of drug-likeness (QED) is 0.686. The smallest absolute Gasteiger partial charge is 0.184 e. The van der Waals surface area contributed by atoms with Crippen molar-refractivity contribution in [3.05, 3.63) is 58.3 Å². The van der Waals surface area contributed by atoms with Gasteiger partial charge in [0, 0.05) is 10.5 Å². The summed E-state index contributed by atoms with van der Waals surface area (Å²) in [6, 6.07) is 13.0. The van der Waals surface area contributed by atoms with E-state index in [1.54, 1.807) is 6.07 Å². The predicted octanol–water partition coefficient (Wildman–Crippen LogP) is 5.37. The first-order chi connectivity index (χ1) is 9.61. The van der Waals surface area contributed by atoms with Gasteiger partial charge in [0.15, 0.2) is 5.13 Å². The Labute approximate surface area is 128 Å². The molecule has 0 amide bonds. The molecule has 1 N–H and O–H groups in total. The summed E-state index contributed by atoms with van der Waals surface area (Å²) in [6.07, 6.45) is 0. The molecule has 0 fully saturated rings. The molecule has 2 nitrogen and oxygen atoms in total. The van der Waals surface area contributed by atoms with Gasteiger partial charge in [0.2, 0.25) is 0 Å². The van der Waals surface area contributed by atoms with Gasteiger partial charge in [-0.05, 0) is 36.8 Å². The molecule has 2 aromatic carbocycles. The van der Waals surface area contributed by atoms with Gasteiger partial charge >= 0.3 is 0 Å². The third kappa shape index (κ3) is 2.83. The number of halogens is 2. The molecule has 102 valence electrons. The molecule has 0 saturated carbocycles. The molecule has 0 bridgehead atoms. The average molecular weight is 351 g/mol. The summed E-state index contributed by atoms with van der Waals surface area (Å²) in [5.41, 5.74) is 1.87. The summed E-state index contributed by atoms with van der Waals surface area (Å²) in [6.45, 7) is 2.08. The van der Waals surface area contributed by atoms with Crippen LogP contribution in [0.2, 0.25) is 0 Å². The molecule has 1 heterocycles. The lowest BCUT2D eigenvalue weighted by Crippen LogP contribution is -2.05. The molecule has 0 spiro atoms. The molecule has 0 radical (unpaired) electrons. The van der Waals surface area contributed by atoms with E-state index < -0.39 is 0 Å². The van der Waals surface area contributed by atoms with E-state index in [2.05, 4.69) is 45.3 Å². The maximum Gasteiger partial charge on any atom is 0.184 e. The van der Waals surface area contributed by atoms with Crippen LogP contribution < -0.4 is 5.32 Å². The third-order valence-electron chi connectivity index (χ3n) is 3.06. The highest BCUT2D eigenvalue weighted by atomic mass is 79.9. The number of hydrogen-bond acceptors (Lipinski definition) is 3. The van der Waals surface area contributed by atoms with E-state index >= 15 is 0 Å². The minimum atomic E-state index is -0.254. The summed E-state index contributed by atoms with van der Waals surface area (Å²) in [5, 5.41) is 4.16. The fraction of sp³-hybridized carbons (Fsp3) is 0.133. The van der Waals surface area contributed by atoms with Crippen molar-refractivity contribution in [3.8, 4) is 0 Å². The maximum atomic E-state index is 13.2. The lowest BCUT2D eigenvalue weighted by atomic mass is 10.1. The molecule has 1 unspecified atom stereocenters. The lowest BCUT2D eigenvalue weighted by Gasteiger charge is -2.13. The zero-order valence-electron chi connectivity index (χ0n) is 10.7. The average Bonchev–Trinajstić information content (AvgIpc) is 2.80. The third-order valence-corrected chi connectivity index (χ3v) is 4.56. The second kappa shape index (κ2) is 5.50. The molecule has 5 heteroatoms. The van der Waals surface area contributed by atoms with Crippen molar-refractivity contribution in [3.63, 3.8) is 0 Å². The van der Waals surface area contributed by atoms with Crippen LogP contribution in [0.1, 0.15) is 18.5 Å². The number of hydrogen-bond donors (Lipinski definition) is 1. The SMILES string of the molecule is CC(Nc1nc2cc(F)ccc2s1)c1ccc(Br)cc1. The Bertz CT molecular complexity index is 739. The maximum absolute atomic E-state index is 13.2. The number of thiazole rings is 1. The van der Waals surface area contributed by atoms with Gasteiger partial charge < -0.3 is 5.32 Å². The van der Waals surface area contributed by atoms with Crippen molar-refractivity contribution < 1.29 is 4.39 Å². The van der Waals surface area contributed by atoms with E-state index in [-0.39, 0.29) is 11.9 Å². The number of nitrogens with one attached hydrogen (secondary N) is 1. The summed E-state index contributed by atoms with van der Waals surface area (Å²) < 4.78 is 15.2. The van der Waals surface area contributed by atoms with Crippen LogP contribution in [-0.2, 0) is 0 Å². The molecular weight excluding hydrogens is 339 g/mol. The molecule has 20 heavy (non-hydrogen) atoms. The van der Waals surface area contributed by atoms with Crippen LogP contribution in [0.25, 0.3) is 10.2 Å². The first-order valence-corrected chi connectivity index (χ1v) is 7.81. The van der Waals surface area contributed by atoms with Crippen LogP contribution in [0.15, 0.2) is 46.9 Å². The van der Waals surface area contributed by atoms with Gasteiger partial charge in [-0.3, -0.25) is 0 Å². The van der Waals surface area contributed by atoms with Gasteiger partial charge in [0.05, 0.1) is 16.3 Å². The largest absolute Gasteiger partial charge is 0.355 e.